The van der Waals surface area contributed by atoms with Crippen LogP contribution in [-0.2, 0) is 9.47 Å². The number of rotatable bonds is 0. The lowest BCUT2D eigenvalue weighted by atomic mass is 9.69. The molecule has 5 aliphatic carbocycles. The van der Waals surface area contributed by atoms with Crippen LogP contribution in [-0.4, -0.2) is 22.4 Å². The molecule has 0 radical (unpaired) electrons. The second-order valence-electron chi connectivity index (χ2n) is 9.80. The van der Waals surface area contributed by atoms with Crippen LogP contribution in [0.3, 0.4) is 0 Å². The van der Waals surface area contributed by atoms with Crippen molar-refractivity contribution < 1.29 is 9.47 Å². The van der Waals surface area contributed by atoms with Crippen molar-refractivity contribution in [1.29, 1.82) is 0 Å². The SMILES string of the molecule is C1=CC2(OC23CCCCC3)C2C1C1C=CC2C12OC21CCCCC1. The molecule has 6 unspecified atom stereocenters. The van der Waals surface area contributed by atoms with E-state index in [-0.39, 0.29) is 22.4 Å². The highest BCUT2D eigenvalue weighted by molar-refractivity contribution is 5.48. The van der Waals surface area contributed by atoms with E-state index in [1.165, 1.54) is 64.2 Å². The molecule has 5 fully saturated rings. The normalized spacial score (nSPS) is 56.7. The fourth-order valence-corrected chi connectivity index (χ4v) is 8.30. The van der Waals surface area contributed by atoms with Crippen LogP contribution >= 0.6 is 0 Å². The minimum Gasteiger partial charge on any atom is -0.361 e. The smallest absolute Gasteiger partial charge is 0.120 e. The molecule has 0 aromatic rings. The van der Waals surface area contributed by atoms with Gasteiger partial charge in [0.05, 0.1) is 5.60 Å². The van der Waals surface area contributed by atoms with Crippen LogP contribution in [0, 0.1) is 23.7 Å². The van der Waals surface area contributed by atoms with Gasteiger partial charge in [-0.15, -0.1) is 0 Å². The zero-order valence-corrected chi connectivity index (χ0v) is 14.5. The summed E-state index contributed by atoms with van der Waals surface area (Å²) in [5, 5.41) is 0. The van der Waals surface area contributed by atoms with Gasteiger partial charge in [-0.3, -0.25) is 0 Å². The minimum atomic E-state index is 0.0804. The highest BCUT2D eigenvalue weighted by atomic mass is 16.6. The van der Waals surface area contributed by atoms with Crippen LogP contribution in [0.1, 0.15) is 64.2 Å². The fraction of sp³-hybridized carbons (Fsp3) is 0.818. The molecular formula is C22H28O2. The van der Waals surface area contributed by atoms with E-state index < -0.39 is 0 Å². The molecule has 7 aliphatic rings. The van der Waals surface area contributed by atoms with Crippen molar-refractivity contribution in [1.82, 2.24) is 0 Å². The Balaban J connectivity index is 1.28. The van der Waals surface area contributed by atoms with Gasteiger partial charge in [-0.1, -0.05) is 62.8 Å². The van der Waals surface area contributed by atoms with E-state index in [9.17, 15) is 0 Å². The first-order chi connectivity index (χ1) is 11.8. The number of epoxide rings is 2. The van der Waals surface area contributed by atoms with E-state index in [4.69, 9.17) is 9.47 Å². The number of fused-ring (bicyclic) bond motifs is 5. The number of allylic oxidation sites excluding steroid dienone is 1. The average Bonchev–Trinajstić information content (AvgIpc) is 3.19. The second-order valence-corrected chi connectivity index (χ2v) is 9.80. The Kier molecular flexibility index (Phi) is 2.20. The maximum Gasteiger partial charge on any atom is 0.120 e. The van der Waals surface area contributed by atoms with Gasteiger partial charge >= 0.3 is 0 Å². The van der Waals surface area contributed by atoms with Crippen LogP contribution < -0.4 is 0 Å². The molecule has 4 spiro atoms. The topological polar surface area (TPSA) is 25.1 Å². The minimum absolute atomic E-state index is 0.0804. The lowest BCUT2D eigenvalue weighted by Crippen LogP contribution is -2.39. The molecule has 0 aromatic carbocycles. The third kappa shape index (κ3) is 1.19. The van der Waals surface area contributed by atoms with E-state index in [0.29, 0.717) is 23.7 Å². The summed E-state index contributed by atoms with van der Waals surface area (Å²) in [5.74, 6) is 2.60. The number of ether oxygens (including phenoxy) is 2. The molecule has 2 bridgehead atoms. The lowest BCUT2D eigenvalue weighted by molar-refractivity contribution is 0.187. The maximum absolute atomic E-state index is 6.76. The Morgan fingerprint density at radius 3 is 2.08 bits per heavy atom. The van der Waals surface area contributed by atoms with Crippen LogP contribution in [0.4, 0.5) is 0 Å². The lowest BCUT2D eigenvalue weighted by Gasteiger charge is -2.29. The summed E-state index contributed by atoms with van der Waals surface area (Å²) in [4.78, 5) is 0. The van der Waals surface area contributed by atoms with Gasteiger partial charge in [0.2, 0.25) is 0 Å². The largest absolute Gasteiger partial charge is 0.361 e. The second kappa shape index (κ2) is 3.88. The Morgan fingerprint density at radius 2 is 1.33 bits per heavy atom. The number of hydrogen-bond acceptors (Lipinski definition) is 2. The fourth-order valence-electron chi connectivity index (χ4n) is 8.30. The van der Waals surface area contributed by atoms with Crippen LogP contribution in [0.15, 0.2) is 24.3 Å². The van der Waals surface area contributed by atoms with Crippen molar-refractivity contribution in [2.45, 2.75) is 86.6 Å². The highest BCUT2D eigenvalue weighted by Gasteiger charge is 2.87. The van der Waals surface area contributed by atoms with Gasteiger partial charge in [-0.25, -0.2) is 0 Å². The first-order valence-corrected chi connectivity index (χ1v) is 10.6. The van der Waals surface area contributed by atoms with E-state index in [1.807, 2.05) is 0 Å². The molecule has 128 valence electrons. The van der Waals surface area contributed by atoms with Crippen molar-refractivity contribution in [2.24, 2.45) is 23.7 Å². The third-order valence-corrected chi connectivity index (χ3v) is 9.19. The summed E-state index contributed by atoms with van der Waals surface area (Å²) < 4.78 is 13.4. The molecular weight excluding hydrogens is 296 g/mol. The van der Waals surface area contributed by atoms with Gasteiger partial charge in [0.15, 0.2) is 0 Å². The molecule has 2 nitrogen and oxygen atoms in total. The van der Waals surface area contributed by atoms with E-state index >= 15 is 0 Å². The molecule has 0 aromatic heterocycles. The van der Waals surface area contributed by atoms with Crippen molar-refractivity contribution in [2.75, 3.05) is 0 Å². The van der Waals surface area contributed by atoms with Gasteiger partial charge in [-0.2, -0.15) is 0 Å². The standard InChI is InChI=1S/C22H28O2/c1-3-10-19(11-4-1)21(23-19)14-9-15-16-7-8-17(18(15)21)22(16)20(24-22)12-5-2-6-13-20/h7-9,14-18H,1-6,10-13H2. The molecule has 2 heterocycles. The predicted molar refractivity (Wildman–Crippen MR) is 91.5 cm³/mol. The molecule has 6 atom stereocenters. The summed E-state index contributed by atoms with van der Waals surface area (Å²) in [6.45, 7) is 0. The highest BCUT2D eigenvalue weighted by Crippen LogP contribution is 2.80. The van der Waals surface area contributed by atoms with E-state index in [1.54, 1.807) is 0 Å². The molecule has 7 rings (SSSR count). The van der Waals surface area contributed by atoms with Crippen molar-refractivity contribution in [3.63, 3.8) is 0 Å². The molecule has 24 heavy (non-hydrogen) atoms. The van der Waals surface area contributed by atoms with Gasteiger partial charge < -0.3 is 9.47 Å². The van der Waals surface area contributed by atoms with Gasteiger partial charge in [0, 0.05) is 17.8 Å². The van der Waals surface area contributed by atoms with Crippen LogP contribution in [0.2, 0.25) is 0 Å². The zero-order valence-electron chi connectivity index (χ0n) is 14.5. The van der Waals surface area contributed by atoms with Gasteiger partial charge in [0.25, 0.3) is 0 Å². The molecule has 2 heteroatoms. The predicted octanol–water partition coefficient (Wildman–Crippen LogP) is 4.55. The first kappa shape index (κ1) is 13.6. The van der Waals surface area contributed by atoms with Crippen LogP contribution in [0.25, 0.3) is 0 Å². The maximum atomic E-state index is 6.76. The Hall–Kier alpha value is -0.600. The van der Waals surface area contributed by atoms with Gasteiger partial charge in [0.1, 0.15) is 16.8 Å². The Bertz CT molecular complexity index is 665. The monoisotopic (exact) mass is 324 g/mol. The average molecular weight is 324 g/mol. The van der Waals surface area contributed by atoms with E-state index in [2.05, 4.69) is 24.3 Å². The van der Waals surface area contributed by atoms with Gasteiger partial charge in [-0.05, 0) is 31.6 Å². The van der Waals surface area contributed by atoms with Crippen LogP contribution in [0.5, 0.6) is 0 Å². The summed E-state index contributed by atoms with van der Waals surface area (Å²) in [6, 6.07) is 0. The zero-order chi connectivity index (χ0) is 15.6. The summed E-state index contributed by atoms with van der Waals surface area (Å²) in [5.41, 5.74) is 0.687. The molecule has 3 saturated carbocycles. The van der Waals surface area contributed by atoms with Crippen molar-refractivity contribution in [3.05, 3.63) is 24.3 Å². The first-order valence-electron chi connectivity index (χ1n) is 10.6. The summed E-state index contributed by atoms with van der Waals surface area (Å²) >= 11 is 0. The van der Waals surface area contributed by atoms with Crippen molar-refractivity contribution >= 4 is 0 Å². The molecule has 0 N–H and O–H groups in total. The van der Waals surface area contributed by atoms with Crippen molar-refractivity contribution in [3.8, 4) is 0 Å². The molecule has 0 amide bonds. The van der Waals surface area contributed by atoms with E-state index in [0.717, 1.165) is 0 Å². The molecule has 2 aliphatic heterocycles. The Labute approximate surface area is 144 Å². The third-order valence-electron chi connectivity index (χ3n) is 9.19. The number of hydrogen-bond donors (Lipinski definition) is 0. The molecule has 2 saturated heterocycles. The Morgan fingerprint density at radius 1 is 0.667 bits per heavy atom. The summed E-state index contributed by atoms with van der Waals surface area (Å²) in [7, 11) is 0. The summed E-state index contributed by atoms with van der Waals surface area (Å²) in [6.07, 6.45) is 23.6. The quantitative estimate of drug-likeness (QED) is 0.482.